The molecule has 0 spiro atoms. The van der Waals surface area contributed by atoms with Crippen molar-refractivity contribution in [2.75, 3.05) is 27.2 Å². The maximum absolute atomic E-state index is 10.2. The number of rotatable bonds is 4. The number of hydrogen-bond acceptors (Lipinski definition) is 4. The van der Waals surface area contributed by atoms with Gasteiger partial charge >= 0.3 is 0 Å². The predicted molar refractivity (Wildman–Crippen MR) is 110 cm³/mol. The molecular weight excluding hydrogens is 336 g/mol. The Morgan fingerprint density at radius 1 is 1.07 bits per heavy atom. The molecule has 4 heteroatoms. The molecule has 7 unspecified atom stereocenters. The Balaban J connectivity index is 1.48. The largest absolute Gasteiger partial charge is 0.394 e. The molecule has 7 atom stereocenters. The first-order valence-corrected chi connectivity index (χ1v) is 11.4. The van der Waals surface area contributed by atoms with Crippen LogP contribution in [0.2, 0.25) is 0 Å². The number of hydrogen-bond donors (Lipinski definition) is 1. The summed E-state index contributed by atoms with van der Waals surface area (Å²) >= 11 is 0. The molecule has 0 saturated heterocycles. The van der Waals surface area contributed by atoms with Crippen LogP contribution in [-0.2, 0) is 4.84 Å². The first kappa shape index (κ1) is 19.7. The van der Waals surface area contributed by atoms with Crippen molar-refractivity contribution in [1.29, 1.82) is 0 Å². The van der Waals surface area contributed by atoms with Crippen molar-refractivity contribution in [1.82, 2.24) is 4.90 Å². The molecule has 0 bridgehead atoms. The van der Waals surface area contributed by atoms with Crippen LogP contribution in [0.1, 0.15) is 71.6 Å². The van der Waals surface area contributed by atoms with Crippen LogP contribution >= 0.6 is 0 Å². The molecule has 0 amide bonds. The molecule has 4 rings (SSSR count). The summed E-state index contributed by atoms with van der Waals surface area (Å²) < 4.78 is 0. The van der Waals surface area contributed by atoms with E-state index in [2.05, 4.69) is 38.0 Å². The maximum atomic E-state index is 10.2. The second-order valence-electron chi connectivity index (χ2n) is 10.8. The van der Waals surface area contributed by atoms with E-state index in [1.807, 2.05) is 0 Å². The van der Waals surface area contributed by atoms with E-state index in [0.29, 0.717) is 12.0 Å². The molecule has 0 aliphatic heterocycles. The van der Waals surface area contributed by atoms with Gasteiger partial charge in [0.05, 0.1) is 11.8 Å². The van der Waals surface area contributed by atoms with Gasteiger partial charge in [0.15, 0.2) is 0 Å². The minimum atomic E-state index is -0.0435. The molecule has 154 valence electrons. The lowest BCUT2D eigenvalue weighted by atomic mass is 9.45. The van der Waals surface area contributed by atoms with Gasteiger partial charge in [0.1, 0.15) is 6.61 Å². The van der Waals surface area contributed by atoms with E-state index in [-0.39, 0.29) is 11.5 Å². The van der Waals surface area contributed by atoms with Crippen LogP contribution in [0.25, 0.3) is 0 Å². The zero-order valence-corrected chi connectivity index (χ0v) is 17.9. The molecule has 0 aromatic carbocycles. The number of nitrogens with zero attached hydrogens (tertiary/aromatic N) is 2. The molecule has 0 heterocycles. The van der Waals surface area contributed by atoms with E-state index in [1.54, 1.807) is 0 Å². The molecular formula is C23H40N2O2. The highest BCUT2D eigenvalue weighted by Crippen LogP contribution is 2.65. The van der Waals surface area contributed by atoms with Gasteiger partial charge in [-0.2, -0.15) is 0 Å². The minimum Gasteiger partial charge on any atom is -0.394 e. The number of aliphatic hydroxyl groups is 1. The van der Waals surface area contributed by atoms with Gasteiger partial charge in [-0.15, -0.1) is 0 Å². The summed E-state index contributed by atoms with van der Waals surface area (Å²) in [5.41, 5.74) is 2.07. The Bertz CT molecular complexity index is 577. The van der Waals surface area contributed by atoms with Crippen LogP contribution in [-0.4, -0.2) is 49.1 Å². The quantitative estimate of drug-likeness (QED) is 0.587. The molecule has 4 fully saturated rings. The van der Waals surface area contributed by atoms with Gasteiger partial charge in [-0.3, -0.25) is 0 Å². The number of likely N-dealkylation sites (N-methyl/N-ethyl adjacent to an activating group) is 1. The number of oxime groups is 1. The van der Waals surface area contributed by atoms with Gasteiger partial charge in [0.2, 0.25) is 0 Å². The van der Waals surface area contributed by atoms with Crippen molar-refractivity contribution in [3.8, 4) is 0 Å². The summed E-state index contributed by atoms with van der Waals surface area (Å²) in [6, 6.07) is 0. The Morgan fingerprint density at radius 3 is 2.67 bits per heavy atom. The Kier molecular flexibility index (Phi) is 5.35. The topological polar surface area (TPSA) is 45.1 Å². The fraction of sp³-hybridized carbons (Fsp3) is 0.957. The molecule has 0 aromatic rings. The highest BCUT2D eigenvalue weighted by molar-refractivity contribution is 5.92. The van der Waals surface area contributed by atoms with Gasteiger partial charge in [-0.1, -0.05) is 19.0 Å². The Labute approximate surface area is 165 Å². The van der Waals surface area contributed by atoms with Crippen molar-refractivity contribution in [2.45, 2.75) is 77.7 Å². The number of fused-ring (bicyclic) bond motifs is 5. The third-order valence-electron chi connectivity index (χ3n) is 9.18. The molecule has 4 aliphatic rings. The molecule has 4 saturated carbocycles. The molecule has 0 radical (unpaired) electrons. The lowest BCUT2D eigenvalue weighted by molar-refractivity contribution is -0.114. The highest BCUT2D eigenvalue weighted by atomic mass is 16.6. The summed E-state index contributed by atoms with van der Waals surface area (Å²) in [6.45, 7) is 6.66. The van der Waals surface area contributed by atoms with E-state index >= 15 is 0 Å². The third-order valence-corrected chi connectivity index (χ3v) is 9.18. The van der Waals surface area contributed by atoms with Crippen molar-refractivity contribution in [3.05, 3.63) is 0 Å². The number of aliphatic hydroxyl groups excluding tert-OH is 1. The average molecular weight is 377 g/mol. The normalized spacial score (nSPS) is 48.2. The van der Waals surface area contributed by atoms with Gasteiger partial charge in [0, 0.05) is 12.0 Å². The van der Waals surface area contributed by atoms with Crippen molar-refractivity contribution in [3.63, 3.8) is 0 Å². The van der Waals surface area contributed by atoms with Crippen LogP contribution in [0, 0.1) is 34.5 Å². The van der Waals surface area contributed by atoms with Crippen LogP contribution in [0.5, 0.6) is 0 Å². The highest BCUT2D eigenvalue weighted by Gasteiger charge is 2.59. The SMILES string of the molecule is CN(C)CCO/N=C1\CCC2C3CCC4CC(O)CCC4(C)C3CCC12C. The van der Waals surface area contributed by atoms with Crippen LogP contribution < -0.4 is 0 Å². The summed E-state index contributed by atoms with van der Waals surface area (Å²) in [6.07, 6.45) is 11.0. The van der Waals surface area contributed by atoms with Gasteiger partial charge < -0.3 is 14.8 Å². The van der Waals surface area contributed by atoms with Crippen LogP contribution in [0.3, 0.4) is 0 Å². The zero-order valence-electron chi connectivity index (χ0n) is 17.9. The summed E-state index contributed by atoms with van der Waals surface area (Å²) in [4.78, 5) is 7.86. The third kappa shape index (κ3) is 3.35. The van der Waals surface area contributed by atoms with Crippen molar-refractivity contribution in [2.24, 2.45) is 39.7 Å². The first-order valence-electron chi connectivity index (χ1n) is 11.4. The molecule has 4 nitrogen and oxygen atoms in total. The van der Waals surface area contributed by atoms with E-state index in [9.17, 15) is 5.11 Å². The summed E-state index contributed by atoms with van der Waals surface area (Å²) in [5, 5.41) is 14.8. The standard InChI is InChI=1S/C23H40N2O2/c1-22-11-9-17(26)15-16(22)5-6-18-19-7-8-21(24-27-14-13-25(3)4)23(19,2)12-10-20(18)22/h16-20,26H,5-15H2,1-4H3/b24-21+. The van der Waals surface area contributed by atoms with Crippen LogP contribution in [0.4, 0.5) is 0 Å². The fourth-order valence-electron chi connectivity index (χ4n) is 7.52. The first-order chi connectivity index (χ1) is 12.8. The summed E-state index contributed by atoms with van der Waals surface area (Å²) in [5.74, 6) is 3.25. The monoisotopic (exact) mass is 376 g/mol. The second-order valence-corrected chi connectivity index (χ2v) is 10.8. The lowest BCUT2D eigenvalue weighted by Crippen LogP contribution is -2.54. The van der Waals surface area contributed by atoms with E-state index in [1.165, 1.54) is 44.2 Å². The second kappa shape index (κ2) is 7.33. The van der Waals surface area contributed by atoms with E-state index < -0.39 is 0 Å². The van der Waals surface area contributed by atoms with Gasteiger partial charge in [0.25, 0.3) is 0 Å². The predicted octanol–water partition coefficient (Wildman–Crippen LogP) is 4.32. The maximum Gasteiger partial charge on any atom is 0.129 e. The summed E-state index contributed by atoms with van der Waals surface area (Å²) in [7, 11) is 4.15. The van der Waals surface area contributed by atoms with Crippen molar-refractivity contribution < 1.29 is 9.94 Å². The van der Waals surface area contributed by atoms with Gasteiger partial charge in [-0.25, -0.2) is 0 Å². The lowest BCUT2D eigenvalue weighted by Gasteiger charge is -2.60. The van der Waals surface area contributed by atoms with Crippen molar-refractivity contribution >= 4 is 5.71 Å². The van der Waals surface area contributed by atoms with E-state index in [0.717, 1.165) is 49.5 Å². The average Bonchev–Trinajstić information content (AvgIpc) is 2.96. The molecule has 4 aliphatic carbocycles. The Hall–Kier alpha value is -0.610. The molecule has 0 aromatic heterocycles. The Morgan fingerprint density at radius 2 is 1.89 bits per heavy atom. The minimum absolute atomic E-state index is 0.0435. The smallest absolute Gasteiger partial charge is 0.129 e. The van der Waals surface area contributed by atoms with E-state index in [4.69, 9.17) is 4.84 Å². The molecule has 27 heavy (non-hydrogen) atoms. The zero-order chi connectivity index (χ0) is 19.2. The molecule has 1 N–H and O–H groups in total. The van der Waals surface area contributed by atoms with Gasteiger partial charge in [-0.05, 0) is 101 Å². The fourth-order valence-corrected chi connectivity index (χ4v) is 7.52. The van der Waals surface area contributed by atoms with Crippen LogP contribution in [0.15, 0.2) is 5.16 Å².